The number of thioether (sulfide) groups is 1. The SMILES string of the molecule is O=C1Nc2ccccc2S/C1=C\c1cc(Br)cc(Br)c1O. The zero-order valence-corrected chi connectivity index (χ0v) is 14.5. The van der Waals surface area contributed by atoms with Crippen LogP contribution >= 0.6 is 43.6 Å². The number of carbonyl (C=O) groups excluding carboxylic acids is 1. The first kappa shape index (κ1) is 14.7. The predicted molar refractivity (Wildman–Crippen MR) is 92.4 cm³/mol. The van der Waals surface area contributed by atoms with Crippen LogP contribution in [-0.4, -0.2) is 11.0 Å². The monoisotopic (exact) mass is 425 g/mol. The maximum absolute atomic E-state index is 12.1. The standard InChI is InChI=1S/C15H9Br2NO2S/c16-9-5-8(14(19)10(17)7-9)6-13-15(20)18-11-3-1-2-4-12(11)21-13/h1-7,19H,(H,18,20)/b13-6-. The lowest BCUT2D eigenvalue weighted by Crippen LogP contribution is -2.17. The van der Waals surface area contributed by atoms with Gasteiger partial charge in [-0.1, -0.05) is 39.8 Å². The van der Waals surface area contributed by atoms with Gasteiger partial charge in [0.05, 0.1) is 15.1 Å². The third-order valence-corrected chi connectivity index (χ3v) is 5.08. The summed E-state index contributed by atoms with van der Waals surface area (Å²) in [6.07, 6.45) is 1.68. The summed E-state index contributed by atoms with van der Waals surface area (Å²) in [5.74, 6) is -0.0628. The Morgan fingerprint density at radius 3 is 2.76 bits per heavy atom. The van der Waals surface area contributed by atoms with Crippen LogP contribution in [0.4, 0.5) is 5.69 Å². The van der Waals surface area contributed by atoms with Gasteiger partial charge in [0.15, 0.2) is 0 Å². The van der Waals surface area contributed by atoms with Crippen molar-refractivity contribution >= 4 is 61.3 Å². The van der Waals surface area contributed by atoms with Crippen LogP contribution in [0, 0.1) is 0 Å². The van der Waals surface area contributed by atoms with Crippen molar-refractivity contribution in [3.63, 3.8) is 0 Å². The zero-order chi connectivity index (χ0) is 15.0. The highest BCUT2D eigenvalue weighted by molar-refractivity contribution is 9.11. The van der Waals surface area contributed by atoms with E-state index in [2.05, 4.69) is 37.2 Å². The molecule has 3 rings (SSSR count). The topological polar surface area (TPSA) is 49.3 Å². The summed E-state index contributed by atoms with van der Waals surface area (Å²) in [5, 5.41) is 12.9. The van der Waals surface area contributed by atoms with Crippen LogP contribution in [-0.2, 0) is 4.79 Å². The van der Waals surface area contributed by atoms with Gasteiger partial charge in [0.2, 0.25) is 0 Å². The van der Waals surface area contributed by atoms with E-state index < -0.39 is 0 Å². The second kappa shape index (κ2) is 5.87. The summed E-state index contributed by atoms with van der Waals surface area (Å²) in [6, 6.07) is 11.1. The Labute approximate surface area is 142 Å². The van der Waals surface area contributed by atoms with Gasteiger partial charge in [-0.05, 0) is 46.3 Å². The Morgan fingerprint density at radius 2 is 1.95 bits per heavy atom. The van der Waals surface area contributed by atoms with E-state index in [-0.39, 0.29) is 11.7 Å². The van der Waals surface area contributed by atoms with E-state index in [9.17, 15) is 9.90 Å². The molecule has 21 heavy (non-hydrogen) atoms. The smallest absolute Gasteiger partial charge is 0.262 e. The molecule has 3 nitrogen and oxygen atoms in total. The fourth-order valence-corrected chi connectivity index (χ4v) is 4.14. The molecular formula is C15H9Br2NO2S. The van der Waals surface area contributed by atoms with E-state index >= 15 is 0 Å². The number of rotatable bonds is 1. The molecule has 2 aromatic rings. The molecule has 0 saturated carbocycles. The molecule has 1 aliphatic heterocycles. The Balaban J connectivity index is 2.03. The van der Waals surface area contributed by atoms with Gasteiger partial charge < -0.3 is 10.4 Å². The molecule has 0 aliphatic carbocycles. The average molecular weight is 427 g/mol. The van der Waals surface area contributed by atoms with Gasteiger partial charge in [-0.25, -0.2) is 0 Å². The summed E-state index contributed by atoms with van der Waals surface area (Å²) in [7, 11) is 0. The first-order chi connectivity index (χ1) is 10.0. The van der Waals surface area contributed by atoms with Gasteiger partial charge in [0.1, 0.15) is 5.75 Å². The first-order valence-electron chi connectivity index (χ1n) is 6.02. The van der Waals surface area contributed by atoms with Crippen molar-refractivity contribution in [3.05, 3.63) is 55.8 Å². The maximum atomic E-state index is 12.1. The van der Waals surface area contributed by atoms with E-state index in [4.69, 9.17) is 0 Å². The number of hydrogen-bond donors (Lipinski definition) is 2. The quantitative estimate of drug-likeness (QED) is 0.630. The van der Waals surface area contributed by atoms with Gasteiger partial charge in [0, 0.05) is 14.9 Å². The molecule has 0 atom stereocenters. The highest BCUT2D eigenvalue weighted by Crippen LogP contribution is 2.40. The van der Waals surface area contributed by atoms with Crippen molar-refractivity contribution in [2.24, 2.45) is 0 Å². The number of phenolic OH excluding ortho intramolecular Hbond substituents is 1. The lowest BCUT2D eigenvalue weighted by Gasteiger charge is -2.18. The van der Waals surface area contributed by atoms with E-state index in [1.807, 2.05) is 24.3 Å². The minimum absolute atomic E-state index is 0.109. The van der Waals surface area contributed by atoms with Crippen molar-refractivity contribution in [2.75, 3.05) is 5.32 Å². The zero-order valence-electron chi connectivity index (χ0n) is 10.6. The van der Waals surface area contributed by atoms with E-state index in [1.54, 1.807) is 18.2 Å². The van der Waals surface area contributed by atoms with E-state index in [0.717, 1.165) is 15.1 Å². The Hall–Kier alpha value is -1.24. The number of amides is 1. The number of hydrogen-bond acceptors (Lipinski definition) is 3. The fraction of sp³-hybridized carbons (Fsp3) is 0. The molecule has 0 unspecified atom stereocenters. The Kier molecular flexibility index (Phi) is 4.10. The molecule has 0 radical (unpaired) electrons. The van der Waals surface area contributed by atoms with Gasteiger partial charge in [-0.3, -0.25) is 4.79 Å². The fourth-order valence-electron chi connectivity index (χ4n) is 1.94. The summed E-state index contributed by atoms with van der Waals surface area (Å²) >= 11 is 8.05. The highest BCUT2D eigenvalue weighted by atomic mass is 79.9. The van der Waals surface area contributed by atoms with Crippen molar-refractivity contribution in [3.8, 4) is 5.75 Å². The van der Waals surface area contributed by atoms with Crippen molar-refractivity contribution in [1.29, 1.82) is 0 Å². The molecule has 0 aromatic heterocycles. The number of aromatic hydroxyl groups is 1. The first-order valence-corrected chi connectivity index (χ1v) is 8.43. The van der Waals surface area contributed by atoms with Crippen LogP contribution in [0.5, 0.6) is 5.75 Å². The molecule has 1 heterocycles. The summed E-state index contributed by atoms with van der Waals surface area (Å²) in [5.41, 5.74) is 1.39. The molecule has 0 bridgehead atoms. The lowest BCUT2D eigenvalue weighted by molar-refractivity contribution is -0.112. The minimum Gasteiger partial charge on any atom is -0.506 e. The molecular weight excluding hydrogens is 418 g/mol. The number of nitrogens with one attached hydrogen (secondary N) is 1. The molecule has 1 aliphatic rings. The number of benzene rings is 2. The largest absolute Gasteiger partial charge is 0.506 e. The highest BCUT2D eigenvalue weighted by Gasteiger charge is 2.21. The molecule has 0 spiro atoms. The van der Waals surface area contributed by atoms with Crippen molar-refractivity contribution in [1.82, 2.24) is 0 Å². The van der Waals surface area contributed by atoms with Crippen LogP contribution in [0.3, 0.4) is 0 Å². The molecule has 2 aromatic carbocycles. The predicted octanol–water partition coefficient (Wildman–Crippen LogP) is 5.00. The Bertz CT molecular complexity index is 774. The number of carbonyl (C=O) groups is 1. The Morgan fingerprint density at radius 1 is 1.19 bits per heavy atom. The van der Waals surface area contributed by atoms with Gasteiger partial charge >= 0.3 is 0 Å². The van der Waals surface area contributed by atoms with Crippen LogP contribution in [0.25, 0.3) is 6.08 Å². The number of phenols is 1. The number of anilines is 1. The summed E-state index contributed by atoms with van der Waals surface area (Å²) in [4.78, 5) is 13.7. The van der Waals surface area contributed by atoms with Crippen LogP contribution < -0.4 is 5.32 Å². The second-order valence-corrected chi connectivity index (χ2v) is 7.24. The number of para-hydroxylation sites is 1. The summed E-state index contributed by atoms with van der Waals surface area (Å²) < 4.78 is 1.39. The number of fused-ring (bicyclic) bond motifs is 1. The van der Waals surface area contributed by atoms with Gasteiger partial charge in [-0.15, -0.1) is 0 Å². The van der Waals surface area contributed by atoms with Crippen molar-refractivity contribution < 1.29 is 9.90 Å². The van der Waals surface area contributed by atoms with Crippen LogP contribution in [0.1, 0.15) is 5.56 Å². The molecule has 0 fully saturated rings. The van der Waals surface area contributed by atoms with Crippen LogP contribution in [0.2, 0.25) is 0 Å². The molecule has 106 valence electrons. The average Bonchev–Trinajstić information content (AvgIpc) is 2.45. The van der Waals surface area contributed by atoms with E-state index in [0.29, 0.717) is 14.9 Å². The second-order valence-electron chi connectivity index (χ2n) is 4.39. The third-order valence-electron chi connectivity index (χ3n) is 2.92. The van der Waals surface area contributed by atoms with Gasteiger partial charge in [0.25, 0.3) is 5.91 Å². The summed E-state index contributed by atoms with van der Waals surface area (Å²) in [6.45, 7) is 0. The normalized spacial score (nSPS) is 15.7. The molecule has 0 saturated heterocycles. The van der Waals surface area contributed by atoms with Crippen LogP contribution in [0.15, 0.2) is 55.1 Å². The van der Waals surface area contributed by atoms with Gasteiger partial charge in [-0.2, -0.15) is 0 Å². The molecule has 2 N–H and O–H groups in total. The minimum atomic E-state index is -0.172. The van der Waals surface area contributed by atoms with Crippen molar-refractivity contribution in [2.45, 2.75) is 4.90 Å². The third kappa shape index (κ3) is 3.02. The maximum Gasteiger partial charge on any atom is 0.262 e. The molecule has 1 amide bonds. The molecule has 6 heteroatoms. The number of halogens is 2. The van der Waals surface area contributed by atoms with E-state index in [1.165, 1.54) is 11.8 Å². The lowest BCUT2D eigenvalue weighted by atomic mass is 10.2.